The van der Waals surface area contributed by atoms with Crippen LogP contribution in [-0.2, 0) is 0 Å². The maximum absolute atomic E-state index is 6.00. The molecule has 0 spiro atoms. The van der Waals surface area contributed by atoms with Gasteiger partial charge in [0.05, 0.1) is 6.33 Å². The molecule has 0 bridgehead atoms. The number of imidazole rings is 1. The molecular weight excluding hydrogens is 262 g/mol. The topological polar surface area (TPSA) is 98.3 Å². The Hall–Kier alpha value is -2.09. The van der Waals surface area contributed by atoms with Gasteiger partial charge < -0.3 is 10.7 Å². The molecule has 3 aromatic heterocycles. The minimum atomic E-state index is 0.549. The van der Waals surface area contributed by atoms with Gasteiger partial charge in [0.25, 0.3) is 0 Å². The summed E-state index contributed by atoms with van der Waals surface area (Å²) in [5.74, 6) is 2.18. The minimum Gasteiger partial charge on any atom is -0.383 e. The van der Waals surface area contributed by atoms with Crippen LogP contribution in [0.1, 0.15) is 13.3 Å². The fourth-order valence-corrected chi connectivity index (χ4v) is 2.49. The second kappa shape index (κ2) is 4.88. The monoisotopic (exact) mass is 275 g/mol. The number of H-pyrrole nitrogens is 1. The zero-order valence-corrected chi connectivity index (χ0v) is 11.2. The molecule has 0 aliphatic heterocycles. The second-order valence-electron chi connectivity index (χ2n) is 3.97. The zero-order valence-electron chi connectivity index (χ0n) is 10.4. The van der Waals surface area contributed by atoms with E-state index in [0.717, 1.165) is 22.7 Å². The average Bonchev–Trinajstić information content (AvgIpc) is 3.02. The van der Waals surface area contributed by atoms with Gasteiger partial charge in [-0.05, 0) is 12.2 Å². The molecule has 0 amide bonds. The van der Waals surface area contributed by atoms with Gasteiger partial charge >= 0.3 is 0 Å². The van der Waals surface area contributed by atoms with Crippen LogP contribution in [0, 0.1) is 0 Å². The summed E-state index contributed by atoms with van der Waals surface area (Å²) in [5, 5.41) is 5.36. The van der Waals surface area contributed by atoms with Gasteiger partial charge in [0.15, 0.2) is 11.5 Å². The molecule has 3 rings (SSSR count). The normalized spacial score (nSPS) is 11.2. The van der Waals surface area contributed by atoms with Crippen molar-refractivity contribution in [1.82, 2.24) is 29.7 Å². The number of hydrogen-bond acceptors (Lipinski definition) is 6. The van der Waals surface area contributed by atoms with E-state index in [-0.39, 0.29) is 0 Å². The predicted molar refractivity (Wildman–Crippen MR) is 74.2 cm³/mol. The van der Waals surface area contributed by atoms with Crippen LogP contribution in [0.4, 0.5) is 5.82 Å². The van der Waals surface area contributed by atoms with Gasteiger partial charge in [0.1, 0.15) is 22.7 Å². The largest absolute Gasteiger partial charge is 0.383 e. The Morgan fingerprint density at radius 3 is 3.11 bits per heavy atom. The van der Waals surface area contributed by atoms with E-state index < -0.39 is 0 Å². The maximum Gasteiger partial charge on any atom is 0.184 e. The first-order chi connectivity index (χ1) is 9.29. The van der Waals surface area contributed by atoms with Gasteiger partial charge in [-0.3, -0.25) is 0 Å². The number of nitrogens with zero attached hydrogens (tertiary/aromatic N) is 5. The van der Waals surface area contributed by atoms with E-state index in [1.807, 2.05) is 6.07 Å². The van der Waals surface area contributed by atoms with E-state index in [2.05, 4.69) is 32.0 Å². The number of nitrogens with one attached hydrogen (secondary N) is 1. The van der Waals surface area contributed by atoms with Crippen LogP contribution in [0.2, 0.25) is 0 Å². The first-order valence-electron chi connectivity index (χ1n) is 5.92. The van der Waals surface area contributed by atoms with E-state index in [0.29, 0.717) is 17.3 Å². The number of hydrogen-bond donors (Lipinski definition) is 2. The first-order valence-corrected chi connectivity index (χ1v) is 6.91. The van der Waals surface area contributed by atoms with Gasteiger partial charge in [-0.2, -0.15) is 9.78 Å². The first kappa shape index (κ1) is 12.0. The molecule has 98 valence electrons. The van der Waals surface area contributed by atoms with E-state index in [1.54, 1.807) is 22.8 Å². The predicted octanol–water partition coefficient (Wildman–Crippen LogP) is 1.62. The molecule has 0 saturated carbocycles. The Labute approximate surface area is 113 Å². The molecule has 8 heteroatoms. The van der Waals surface area contributed by atoms with Crippen molar-refractivity contribution >= 4 is 28.7 Å². The number of aromatic nitrogens is 6. The van der Waals surface area contributed by atoms with Crippen LogP contribution in [-0.4, -0.2) is 35.5 Å². The molecule has 3 heterocycles. The maximum atomic E-state index is 6.00. The molecule has 3 N–H and O–H groups in total. The highest BCUT2D eigenvalue weighted by atomic mass is 32.2. The van der Waals surface area contributed by atoms with Gasteiger partial charge in [0.2, 0.25) is 0 Å². The quantitative estimate of drug-likeness (QED) is 0.702. The highest BCUT2D eigenvalue weighted by Gasteiger charge is 2.13. The summed E-state index contributed by atoms with van der Waals surface area (Å²) in [4.78, 5) is 15.4. The summed E-state index contributed by atoms with van der Waals surface area (Å²) in [6.45, 7) is 2.13. The molecule has 3 aromatic rings. The van der Waals surface area contributed by atoms with Crippen LogP contribution in [0.5, 0.6) is 0 Å². The van der Waals surface area contributed by atoms with E-state index in [1.165, 1.54) is 6.33 Å². The summed E-state index contributed by atoms with van der Waals surface area (Å²) in [6, 6.07) is 1.85. The van der Waals surface area contributed by atoms with E-state index >= 15 is 0 Å². The molecule has 0 unspecified atom stereocenters. The van der Waals surface area contributed by atoms with E-state index in [9.17, 15) is 0 Å². The molecule has 0 aromatic carbocycles. The molecule has 19 heavy (non-hydrogen) atoms. The second-order valence-corrected chi connectivity index (χ2v) is 5.08. The lowest BCUT2D eigenvalue weighted by molar-refractivity contribution is 0.820. The van der Waals surface area contributed by atoms with Crippen molar-refractivity contribution in [3.63, 3.8) is 0 Å². The van der Waals surface area contributed by atoms with Crippen molar-refractivity contribution in [3.05, 3.63) is 18.7 Å². The van der Waals surface area contributed by atoms with Crippen molar-refractivity contribution in [2.24, 2.45) is 0 Å². The summed E-state index contributed by atoms with van der Waals surface area (Å²) in [5.41, 5.74) is 7.32. The van der Waals surface area contributed by atoms with Crippen LogP contribution in [0.25, 0.3) is 17.0 Å². The lowest BCUT2D eigenvalue weighted by Gasteiger charge is -2.02. The van der Waals surface area contributed by atoms with Crippen molar-refractivity contribution in [2.75, 3.05) is 11.5 Å². The van der Waals surface area contributed by atoms with E-state index in [4.69, 9.17) is 5.73 Å². The van der Waals surface area contributed by atoms with Crippen LogP contribution in [0.3, 0.4) is 0 Å². The molecule has 0 fully saturated rings. The third kappa shape index (κ3) is 2.14. The van der Waals surface area contributed by atoms with Gasteiger partial charge in [-0.15, -0.1) is 11.8 Å². The fourth-order valence-electron chi connectivity index (χ4n) is 1.73. The number of fused-ring (bicyclic) bond motifs is 1. The Bertz CT molecular complexity index is 702. The number of anilines is 1. The highest BCUT2D eigenvalue weighted by molar-refractivity contribution is 7.99. The Morgan fingerprint density at radius 2 is 2.26 bits per heavy atom. The SMILES string of the molecule is CCCSc1cc(N)n(-c2ncnc3nc[nH]c23)n1. The Morgan fingerprint density at radius 1 is 1.37 bits per heavy atom. The molecule has 0 saturated heterocycles. The van der Waals surface area contributed by atoms with Crippen LogP contribution < -0.4 is 5.73 Å². The van der Waals surface area contributed by atoms with Crippen LogP contribution >= 0.6 is 11.8 Å². The van der Waals surface area contributed by atoms with Gasteiger partial charge in [-0.1, -0.05) is 6.92 Å². The van der Waals surface area contributed by atoms with Gasteiger partial charge in [0, 0.05) is 6.07 Å². The third-order valence-electron chi connectivity index (χ3n) is 2.57. The fraction of sp³-hybridized carbons (Fsp3) is 0.273. The number of nitrogen functional groups attached to an aromatic ring is 1. The van der Waals surface area contributed by atoms with Crippen molar-refractivity contribution in [1.29, 1.82) is 0 Å². The summed E-state index contributed by atoms with van der Waals surface area (Å²) in [6.07, 6.45) is 4.13. The molecule has 0 aliphatic rings. The average molecular weight is 275 g/mol. The molecule has 0 radical (unpaired) electrons. The van der Waals surface area contributed by atoms with Gasteiger partial charge in [-0.25, -0.2) is 15.0 Å². The summed E-state index contributed by atoms with van der Waals surface area (Å²) >= 11 is 1.68. The number of rotatable bonds is 4. The smallest absolute Gasteiger partial charge is 0.184 e. The molecule has 7 nitrogen and oxygen atoms in total. The summed E-state index contributed by atoms with van der Waals surface area (Å²) < 4.78 is 1.61. The number of thioether (sulfide) groups is 1. The minimum absolute atomic E-state index is 0.549. The molecule has 0 aliphatic carbocycles. The van der Waals surface area contributed by atoms with Crippen molar-refractivity contribution < 1.29 is 0 Å². The molecule has 0 atom stereocenters. The van der Waals surface area contributed by atoms with Crippen LogP contribution in [0.15, 0.2) is 23.7 Å². The van der Waals surface area contributed by atoms with Crippen molar-refractivity contribution in [2.45, 2.75) is 18.4 Å². The third-order valence-corrected chi connectivity index (χ3v) is 3.68. The number of aromatic amines is 1. The lowest BCUT2D eigenvalue weighted by Crippen LogP contribution is -2.05. The Kier molecular flexibility index (Phi) is 3.08. The number of nitrogens with two attached hydrogens (primary N) is 1. The Balaban J connectivity index is 2.06. The summed E-state index contributed by atoms with van der Waals surface area (Å²) in [7, 11) is 0. The standard InChI is InChI=1S/C11H13N7S/c1-2-3-19-8-4-7(12)18(17-8)11-9-10(14-5-13-9)15-6-16-11/h4-6H,2-3,12H2,1H3,(H,13,14,15,16). The van der Waals surface area contributed by atoms with Crippen molar-refractivity contribution in [3.8, 4) is 5.82 Å². The zero-order chi connectivity index (χ0) is 13.2. The highest BCUT2D eigenvalue weighted by Crippen LogP contribution is 2.23. The lowest BCUT2D eigenvalue weighted by atomic mass is 10.5. The molecular formula is C11H13N7S.